The van der Waals surface area contributed by atoms with Gasteiger partial charge in [-0.2, -0.15) is 5.10 Å². The van der Waals surface area contributed by atoms with Crippen LogP contribution in [-0.2, 0) is 9.47 Å². The molecule has 1 aromatic carbocycles. The number of H-pyrrole nitrogens is 1. The summed E-state index contributed by atoms with van der Waals surface area (Å²) < 4.78 is 10.2. The number of urea groups is 1. The molecule has 9 nitrogen and oxygen atoms in total. The number of nitrogens with one attached hydrogen (secondary N) is 4. The minimum absolute atomic E-state index is 0.265. The zero-order valence-corrected chi connectivity index (χ0v) is 15.9. The van der Waals surface area contributed by atoms with E-state index in [0.717, 1.165) is 16.5 Å². The third kappa shape index (κ3) is 4.96. The normalized spacial score (nSPS) is 11.9. The fourth-order valence-electron chi connectivity index (χ4n) is 2.77. The number of methoxy groups -OCH3 is 2. The van der Waals surface area contributed by atoms with Gasteiger partial charge >= 0.3 is 6.03 Å². The maximum atomic E-state index is 12.4. The zero-order valence-electron chi connectivity index (χ0n) is 15.9. The van der Waals surface area contributed by atoms with Crippen LogP contribution in [0.15, 0.2) is 42.6 Å². The monoisotopic (exact) mass is 384 g/mol. The van der Waals surface area contributed by atoms with Gasteiger partial charge in [-0.25, -0.2) is 9.78 Å². The number of carbonyl (C=O) groups excluding carboxylic acids is 1. The van der Waals surface area contributed by atoms with Crippen molar-refractivity contribution in [2.24, 2.45) is 0 Å². The molecule has 0 spiro atoms. The first kappa shape index (κ1) is 19.6. The van der Waals surface area contributed by atoms with Crippen LogP contribution < -0.4 is 16.0 Å². The van der Waals surface area contributed by atoms with Crippen molar-refractivity contribution in [1.82, 2.24) is 20.5 Å². The third-order valence-corrected chi connectivity index (χ3v) is 4.13. The highest BCUT2D eigenvalue weighted by Crippen LogP contribution is 2.21. The Hall–Kier alpha value is -3.17. The molecule has 148 valence electrons. The van der Waals surface area contributed by atoms with Gasteiger partial charge in [0.15, 0.2) is 5.82 Å². The molecule has 0 saturated heterocycles. The van der Waals surface area contributed by atoms with Gasteiger partial charge in [-0.3, -0.25) is 10.4 Å². The molecule has 1 atom stereocenters. The van der Waals surface area contributed by atoms with Gasteiger partial charge in [0.05, 0.1) is 30.2 Å². The summed E-state index contributed by atoms with van der Waals surface area (Å²) in [5, 5.41) is 16.8. The molecule has 0 aliphatic heterocycles. The molecule has 0 bridgehead atoms. The highest BCUT2D eigenvalue weighted by molar-refractivity contribution is 5.94. The van der Waals surface area contributed by atoms with Crippen molar-refractivity contribution in [3.63, 3.8) is 0 Å². The van der Waals surface area contributed by atoms with Gasteiger partial charge in [-0.1, -0.05) is 30.3 Å². The number of carbonyl (C=O) groups is 1. The summed E-state index contributed by atoms with van der Waals surface area (Å²) in [6, 6.07) is 10.8. The van der Waals surface area contributed by atoms with Gasteiger partial charge in [0.1, 0.15) is 5.82 Å². The van der Waals surface area contributed by atoms with Crippen molar-refractivity contribution < 1.29 is 14.3 Å². The number of anilines is 2. The fourth-order valence-corrected chi connectivity index (χ4v) is 2.77. The van der Waals surface area contributed by atoms with Crippen LogP contribution in [0.25, 0.3) is 10.9 Å². The molecule has 0 aliphatic carbocycles. The highest BCUT2D eigenvalue weighted by atomic mass is 16.5. The number of nitrogens with zero attached hydrogens (tertiary/aromatic N) is 2. The Labute approximate surface area is 162 Å². The molecular weight excluding hydrogens is 360 g/mol. The molecule has 28 heavy (non-hydrogen) atoms. The summed E-state index contributed by atoms with van der Waals surface area (Å²) in [7, 11) is 3.24. The molecule has 0 aliphatic rings. The summed E-state index contributed by atoms with van der Waals surface area (Å²) in [5.41, 5.74) is 1.73. The third-order valence-electron chi connectivity index (χ3n) is 4.13. The number of aromatic amines is 1. The predicted octanol–water partition coefficient (Wildman–Crippen LogP) is 2.53. The zero-order chi connectivity index (χ0) is 19.8. The summed E-state index contributed by atoms with van der Waals surface area (Å²) in [6.45, 7) is 1.58. The average molecular weight is 384 g/mol. The molecule has 2 amide bonds. The van der Waals surface area contributed by atoms with Crippen molar-refractivity contribution in [2.45, 2.75) is 6.04 Å². The van der Waals surface area contributed by atoms with Crippen LogP contribution in [0.5, 0.6) is 0 Å². The van der Waals surface area contributed by atoms with E-state index in [9.17, 15) is 4.79 Å². The van der Waals surface area contributed by atoms with Gasteiger partial charge in [0, 0.05) is 33.0 Å². The van der Waals surface area contributed by atoms with Crippen molar-refractivity contribution in [3.05, 3.63) is 48.2 Å². The molecule has 3 aromatic rings. The summed E-state index contributed by atoms with van der Waals surface area (Å²) in [6.07, 6.45) is 1.66. The second-order valence-corrected chi connectivity index (χ2v) is 6.12. The Balaban J connectivity index is 1.65. The minimum atomic E-state index is -0.365. The first-order valence-electron chi connectivity index (χ1n) is 8.89. The lowest BCUT2D eigenvalue weighted by atomic mass is 10.1. The summed E-state index contributed by atoms with van der Waals surface area (Å²) in [5.74, 6) is 1.11. The van der Waals surface area contributed by atoms with Crippen LogP contribution in [0.3, 0.4) is 0 Å². The first-order valence-corrected chi connectivity index (χ1v) is 8.89. The molecule has 3 rings (SSSR count). The lowest BCUT2D eigenvalue weighted by Gasteiger charge is -2.18. The molecule has 9 heteroatoms. The Morgan fingerprint density at radius 2 is 2.04 bits per heavy atom. The Morgan fingerprint density at radius 1 is 1.21 bits per heavy atom. The smallest absolute Gasteiger partial charge is 0.320 e. The van der Waals surface area contributed by atoms with Crippen LogP contribution in [0, 0.1) is 0 Å². The van der Waals surface area contributed by atoms with E-state index in [2.05, 4.69) is 31.1 Å². The summed E-state index contributed by atoms with van der Waals surface area (Å²) in [4.78, 5) is 16.7. The van der Waals surface area contributed by atoms with E-state index in [1.807, 2.05) is 30.3 Å². The molecule has 2 heterocycles. The molecule has 1 unspecified atom stereocenters. The highest BCUT2D eigenvalue weighted by Gasteiger charge is 2.15. The van der Waals surface area contributed by atoms with Gasteiger partial charge in [0.2, 0.25) is 0 Å². The van der Waals surface area contributed by atoms with Crippen molar-refractivity contribution in [2.75, 3.05) is 44.6 Å². The van der Waals surface area contributed by atoms with Crippen LogP contribution in [0.4, 0.5) is 16.4 Å². The second kappa shape index (κ2) is 9.67. The SMILES string of the molecule is COCCNc1n[nH]c2cc(NC(=O)NC(COC)c3ccccc3)ncc12. The quantitative estimate of drug-likeness (QED) is 0.422. The van der Waals surface area contributed by atoms with E-state index >= 15 is 0 Å². The van der Waals surface area contributed by atoms with E-state index in [1.54, 1.807) is 26.5 Å². The number of hydrogen-bond acceptors (Lipinski definition) is 6. The van der Waals surface area contributed by atoms with E-state index in [-0.39, 0.29) is 12.1 Å². The lowest BCUT2D eigenvalue weighted by molar-refractivity contribution is 0.168. The lowest BCUT2D eigenvalue weighted by Crippen LogP contribution is -2.35. The molecule has 4 N–H and O–H groups in total. The summed E-state index contributed by atoms with van der Waals surface area (Å²) >= 11 is 0. The molecule has 2 aromatic heterocycles. The van der Waals surface area contributed by atoms with Crippen molar-refractivity contribution in [1.29, 1.82) is 0 Å². The number of fused-ring (bicyclic) bond motifs is 1. The van der Waals surface area contributed by atoms with E-state index in [1.165, 1.54) is 0 Å². The second-order valence-electron chi connectivity index (χ2n) is 6.12. The minimum Gasteiger partial charge on any atom is -0.383 e. The van der Waals surface area contributed by atoms with E-state index < -0.39 is 0 Å². The van der Waals surface area contributed by atoms with Crippen molar-refractivity contribution in [3.8, 4) is 0 Å². The van der Waals surface area contributed by atoms with Crippen LogP contribution >= 0.6 is 0 Å². The van der Waals surface area contributed by atoms with Gasteiger partial charge in [-0.15, -0.1) is 0 Å². The van der Waals surface area contributed by atoms with Crippen LogP contribution in [0.2, 0.25) is 0 Å². The Kier molecular flexibility index (Phi) is 6.77. The van der Waals surface area contributed by atoms with Crippen molar-refractivity contribution >= 4 is 28.6 Å². The number of hydrogen-bond donors (Lipinski definition) is 4. The van der Waals surface area contributed by atoms with Crippen LogP contribution in [-0.4, -0.2) is 55.2 Å². The van der Waals surface area contributed by atoms with Gasteiger partial charge in [-0.05, 0) is 5.56 Å². The maximum Gasteiger partial charge on any atom is 0.320 e. The molecular formula is C19H24N6O3. The number of benzene rings is 1. The fraction of sp³-hybridized carbons (Fsp3) is 0.316. The van der Waals surface area contributed by atoms with E-state index in [4.69, 9.17) is 9.47 Å². The molecule has 0 fully saturated rings. The largest absolute Gasteiger partial charge is 0.383 e. The molecule has 0 saturated carbocycles. The number of rotatable bonds is 9. The van der Waals surface area contributed by atoms with Gasteiger partial charge < -0.3 is 20.1 Å². The Morgan fingerprint density at radius 3 is 2.79 bits per heavy atom. The van der Waals surface area contributed by atoms with Crippen LogP contribution in [0.1, 0.15) is 11.6 Å². The van der Waals surface area contributed by atoms with E-state index in [0.29, 0.717) is 31.4 Å². The average Bonchev–Trinajstić information content (AvgIpc) is 3.11. The number of pyridine rings is 1. The topological polar surface area (TPSA) is 113 Å². The van der Waals surface area contributed by atoms with Gasteiger partial charge in [0.25, 0.3) is 0 Å². The first-order chi connectivity index (χ1) is 13.7. The predicted molar refractivity (Wildman–Crippen MR) is 107 cm³/mol. The maximum absolute atomic E-state index is 12.4. The number of amides is 2. The Bertz CT molecular complexity index is 899. The number of ether oxygens (including phenoxy) is 2. The standard InChI is InChI=1S/C19H24N6O3/c1-27-9-8-20-18-14-11-21-17(10-15(14)24-25-18)23-19(26)22-16(12-28-2)13-6-4-3-5-7-13/h3-7,10-11,16H,8-9,12H2,1-2H3,(H2,20,24,25)(H2,21,22,23,26). The molecule has 0 radical (unpaired) electrons. The number of aromatic nitrogens is 3.